The van der Waals surface area contributed by atoms with Crippen molar-refractivity contribution in [1.82, 2.24) is 57.1 Å². The van der Waals surface area contributed by atoms with Crippen LogP contribution in [0.2, 0.25) is 0 Å². The molecule has 1 aliphatic rings. The summed E-state index contributed by atoms with van der Waals surface area (Å²) in [4.78, 5) is 167. The van der Waals surface area contributed by atoms with E-state index in [0.29, 0.717) is 33.3 Å². The van der Waals surface area contributed by atoms with Gasteiger partial charge in [-0.3, -0.25) is 52.9 Å². The van der Waals surface area contributed by atoms with Gasteiger partial charge in [0.15, 0.2) is 12.0 Å². The molecule has 91 heavy (non-hydrogen) atoms. The minimum Gasteiger partial charge on any atom is -0.508 e. The average Bonchev–Trinajstić information content (AvgIpc) is 1.83. The predicted octanol–water partition coefficient (Wildman–Crippen LogP) is -4.06. The Bertz CT molecular complexity index is 3410. The molecule has 32 heteroatoms. The molecule has 1 fully saturated rings. The van der Waals surface area contributed by atoms with Gasteiger partial charge in [0.2, 0.25) is 59.1 Å². The lowest BCUT2D eigenvalue weighted by atomic mass is 10.0. The number of hydrogen-bond acceptors (Lipinski definition) is 17. The third-order valence-corrected chi connectivity index (χ3v) is 14.9. The Morgan fingerprint density at radius 2 is 1.20 bits per heavy atom. The topological polar surface area (TPSA) is 543 Å². The number of likely N-dealkylation sites (tertiary alicyclic amines) is 1. The summed E-state index contributed by atoms with van der Waals surface area (Å²) in [6.45, 7) is 1.01. The number of imidazole rings is 1. The third-order valence-electron chi connectivity index (χ3n) is 14.9. The van der Waals surface area contributed by atoms with Crippen molar-refractivity contribution in [1.29, 1.82) is 0 Å². The number of benzene rings is 3. The molecule has 1 aliphatic heterocycles. The predicted molar refractivity (Wildman–Crippen MR) is 326 cm³/mol. The number of phenolic OH excluding ortho intramolecular Hbond substituents is 2. The molecule has 3 heterocycles. The maximum Gasteiger partial charge on any atom is 0.328 e. The molecule has 5 aromatic rings. The number of aromatic amines is 2. The van der Waals surface area contributed by atoms with Gasteiger partial charge in [0, 0.05) is 74.2 Å². The molecule has 0 bridgehead atoms. The normalized spacial score (nSPS) is 15.8. The van der Waals surface area contributed by atoms with Crippen LogP contribution in [0.5, 0.6) is 11.5 Å². The quantitative estimate of drug-likeness (QED) is 0.0106. The number of aromatic nitrogens is 3. The van der Waals surface area contributed by atoms with E-state index in [4.69, 9.17) is 28.7 Å². The van der Waals surface area contributed by atoms with Gasteiger partial charge in [0.25, 0.3) is 0 Å². The molecule has 0 aliphatic carbocycles. The Balaban J connectivity index is 1.27. The summed E-state index contributed by atoms with van der Waals surface area (Å²) in [6, 6.07) is 4.24. The Morgan fingerprint density at radius 1 is 0.648 bits per heavy atom. The van der Waals surface area contributed by atoms with Crippen molar-refractivity contribution < 1.29 is 73.2 Å². The number of aliphatic hydroxyl groups is 1. The molecule has 0 unspecified atom stereocenters. The molecule has 488 valence electrons. The number of amides is 10. The second kappa shape index (κ2) is 33.1. The molecule has 0 saturated carbocycles. The number of carboxylic acid groups (broad SMARTS) is 1. The molecule has 3 aromatic carbocycles. The number of nitrogens with one attached hydrogen (secondary N) is 9. The van der Waals surface area contributed by atoms with Crippen LogP contribution in [0.1, 0.15) is 74.3 Å². The first-order valence-corrected chi connectivity index (χ1v) is 29.1. The smallest absolute Gasteiger partial charge is 0.328 e. The second-order valence-corrected chi connectivity index (χ2v) is 21.9. The maximum atomic E-state index is 15.0. The number of aromatic hydroxyl groups is 2. The number of carbonyl (C=O) groups is 11. The molecule has 0 radical (unpaired) electrons. The van der Waals surface area contributed by atoms with Crippen molar-refractivity contribution in [3.63, 3.8) is 0 Å². The summed E-state index contributed by atoms with van der Waals surface area (Å²) in [7, 11) is 0. The molecular formula is C59H77N17O15. The number of aliphatic imine (C=N–C) groups is 1. The van der Waals surface area contributed by atoms with E-state index >= 15 is 0 Å². The highest BCUT2D eigenvalue weighted by atomic mass is 16.4. The van der Waals surface area contributed by atoms with E-state index in [1.54, 1.807) is 30.5 Å². The number of rotatable bonds is 34. The molecule has 6 rings (SSSR count). The lowest BCUT2D eigenvalue weighted by Gasteiger charge is -2.31. The largest absolute Gasteiger partial charge is 0.508 e. The Kier molecular flexibility index (Phi) is 25.3. The summed E-state index contributed by atoms with van der Waals surface area (Å²) >= 11 is 0. The number of nitrogens with two attached hydrogens (primary N) is 5. The maximum absolute atomic E-state index is 15.0. The summed E-state index contributed by atoms with van der Waals surface area (Å²) in [5, 5.41) is 58.2. The van der Waals surface area contributed by atoms with Gasteiger partial charge in [-0.25, -0.2) is 9.78 Å². The van der Waals surface area contributed by atoms with Gasteiger partial charge in [-0.2, -0.15) is 0 Å². The van der Waals surface area contributed by atoms with Gasteiger partial charge in [0.1, 0.15) is 53.8 Å². The Labute approximate surface area is 520 Å². The van der Waals surface area contributed by atoms with E-state index in [-0.39, 0.29) is 88.3 Å². The highest BCUT2D eigenvalue weighted by molar-refractivity contribution is 6.00. The van der Waals surface area contributed by atoms with Crippen molar-refractivity contribution in [2.75, 3.05) is 13.1 Å². The molecule has 32 nitrogen and oxygen atoms in total. The highest BCUT2D eigenvalue weighted by Gasteiger charge is 2.41. The van der Waals surface area contributed by atoms with E-state index < -0.39 is 138 Å². The summed E-state index contributed by atoms with van der Waals surface area (Å²) in [5.74, 6) is -11.7. The van der Waals surface area contributed by atoms with Crippen LogP contribution >= 0.6 is 0 Å². The van der Waals surface area contributed by atoms with Crippen molar-refractivity contribution in [3.05, 3.63) is 114 Å². The number of aliphatic carboxylic acids is 1. The minimum atomic E-state index is -1.87. The van der Waals surface area contributed by atoms with Crippen LogP contribution in [0, 0.1) is 0 Å². The zero-order valence-corrected chi connectivity index (χ0v) is 49.6. The van der Waals surface area contributed by atoms with E-state index in [9.17, 15) is 73.2 Å². The fourth-order valence-electron chi connectivity index (χ4n) is 10.1. The van der Waals surface area contributed by atoms with Crippen LogP contribution in [0.3, 0.4) is 0 Å². The van der Waals surface area contributed by atoms with Crippen molar-refractivity contribution in [2.24, 2.45) is 33.7 Å². The van der Waals surface area contributed by atoms with Crippen LogP contribution in [0.15, 0.2) is 96.5 Å². The summed E-state index contributed by atoms with van der Waals surface area (Å²) < 4.78 is 0. The number of H-pyrrole nitrogens is 2. The number of para-hydroxylation sites is 1. The average molecular weight is 1260 g/mol. The van der Waals surface area contributed by atoms with Gasteiger partial charge < -0.3 is 101 Å². The lowest BCUT2D eigenvalue weighted by Crippen LogP contribution is -2.61. The van der Waals surface area contributed by atoms with E-state index in [0.717, 1.165) is 6.92 Å². The molecule has 23 N–H and O–H groups in total. The van der Waals surface area contributed by atoms with Gasteiger partial charge in [-0.1, -0.05) is 42.5 Å². The number of nitrogens with zero attached hydrogens (tertiary/aromatic N) is 3. The zero-order valence-electron chi connectivity index (χ0n) is 49.6. The standard InChI is InChI=1S/C59H77N17O15/c1-30(77)49(58(90)91)75-55(87)42(22-31-10-14-35(78)15-11-31)73-56(88)46-9-5-21-76(46)57(89)45(23-32-12-16-36(79)17-13-32)74-51(83)40(8-4-20-66-59(63)64)70-54(86)44(26-48(62)81)72-53(85)43(24-33-27-67-39-7-3-2-6-37(33)39)71-52(84)41(18-19-47(61)80)69-50(82)38(60)25-34-28-65-29-68-34/h2-3,6-7,10-17,27-30,38,40-46,49,67,77-79H,4-5,8-9,18-26,60H2,1H3,(H2,61,80)(H2,62,81)(H,65,68)(H,69,82)(H,70,86)(H,71,84)(H,72,85)(H,73,88)(H,74,83)(H,75,87)(H,90,91)(H4,63,64,66)/t30-,38+,40+,41+,42+,43+,44+,45+,46+,49+/m1/s1. The molecule has 0 spiro atoms. The van der Waals surface area contributed by atoms with Crippen LogP contribution in [0.4, 0.5) is 0 Å². The summed E-state index contributed by atoms with van der Waals surface area (Å²) in [5.41, 5.74) is 30.9. The number of carbonyl (C=O) groups excluding carboxylic acids is 10. The lowest BCUT2D eigenvalue weighted by molar-refractivity contribution is -0.145. The Hall–Kier alpha value is -10.6. The van der Waals surface area contributed by atoms with Crippen molar-refractivity contribution in [2.45, 2.75) is 138 Å². The number of carboxylic acids is 1. The second-order valence-electron chi connectivity index (χ2n) is 21.9. The van der Waals surface area contributed by atoms with E-state index in [1.165, 1.54) is 66.0 Å². The zero-order chi connectivity index (χ0) is 66.5. The molecule has 1 saturated heterocycles. The van der Waals surface area contributed by atoms with Crippen molar-refractivity contribution in [3.8, 4) is 11.5 Å². The van der Waals surface area contributed by atoms with Gasteiger partial charge in [0.05, 0.1) is 24.9 Å². The number of phenols is 2. The summed E-state index contributed by atoms with van der Waals surface area (Å²) in [6.07, 6.45) is 0.454. The highest BCUT2D eigenvalue weighted by Crippen LogP contribution is 2.23. The van der Waals surface area contributed by atoms with Crippen LogP contribution in [-0.4, -0.2) is 185 Å². The molecule has 2 aromatic heterocycles. The van der Waals surface area contributed by atoms with Crippen LogP contribution in [0.25, 0.3) is 10.9 Å². The first-order valence-electron chi connectivity index (χ1n) is 29.1. The minimum absolute atomic E-state index is 0.00235. The van der Waals surface area contributed by atoms with Gasteiger partial charge in [-0.15, -0.1) is 0 Å². The third kappa shape index (κ3) is 21.0. The van der Waals surface area contributed by atoms with E-state index in [2.05, 4.69) is 57.2 Å². The first kappa shape index (κ1) is 69.5. The Morgan fingerprint density at radius 3 is 1.79 bits per heavy atom. The number of primary amides is 2. The SMILES string of the molecule is C[C@@H](O)[C@H](NC(=O)[C@H](Cc1ccc(O)cc1)NC(=O)[C@@H]1CCCN1C(=O)[C@H](Cc1ccc(O)cc1)NC(=O)[C@H](CCCN=C(N)N)NC(=O)[C@H](CC(N)=O)NC(=O)[C@H](Cc1c[nH]c2ccccc12)NC(=O)[C@H](CCC(N)=O)NC(=O)[C@@H](N)Cc1cnc[nH]1)C(=O)O. The van der Waals surface area contributed by atoms with E-state index in [1.807, 2.05) is 0 Å². The van der Waals surface area contributed by atoms with Gasteiger partial charge in [-0.05, 0) is 86.1 Å². The van der Waals surface area contributed by atoms with Crippen LogP contribution in [-0.2, 0) is 78.4 Å². The fraction of sp³-hybridized carbons (Fsp3) is 0.407. The van der Waals surface area contributed by atoms with Crippen LogP contribution < -0.4 is 65.9 Å². The number of aliphatic hydroxyl groups excluding tert-OH is 1. The number of guanidine groups is 1. The molecule has 10 amide bonds. The van der Waals surface area contributed by atoms with Crippen molar-refractivity contribution >= 4 is 81.9 Å². The number of hydrogen-bond donors (Lipinski definition) is 18. The monoisotopic (exact) mass is 1260 g/mol. The number of fused-ring (bicyclic) bond motifs is 1. The van der Waals surface area contributed by atoms with Gasteiger partial charge >= 0.3 is 5.97 Å². The first-order chi connectivity index (χ1) is 43.3. The molecule has 10 atom stereocenters. The molecular weight excluding hydrogens is 1190 g/mol. The fourth-order valence-corrected chi connectivity index (χ4v) is 10.1.